The van der Waals surface area contributed by atoms with Crippen LogP contribution in [0.4, 0.5) is 0 Å². The fourth-order valence-corrected chi connectivity index (χ4v) is 1.02. The summed E-state index contributed by atoms with van der Waals surface area (Å²) >= 11 is 0. The molecule has 0 aliphatic carbocycles. The van der Waals surface area contributed by atoms with Crippen LogP contribution < -0.4 is 0 Å². The second-order valence-electron chi connectivity index (χ2n) is 3.52. The Morgan fingerprint density at radius 1 is 1.33 bits per heavy atom. The molecule has 1 fully saturated rings. The molecule has 86 valence electrons. The van der Waals surface area contributed by atoms with Crippen LogP contribution in [-0.2, 0) is 4.74 Å². The molecule has 1 atom stereocenters. The molecule has 0 amide bonds. The van der Waals surface area contributed by atoms with E-state index in [2.05, 4.69) is 13.8 Å². The van der Waals surface area contributed by atoms with Crippen molar-refractivity contribution in [3.05, 3.63) is 0 Å². The highest BCUT2D eigenvalue weighted by molar-refractivity contribution is 6.39. The van der Waals surface area contributed by atoms with Crippen molar-refractivity contribution in [1.29, 1.82) is 0 Å². The largest absolute Gasteiger partial charge is 0.391 e. The van der Waals surface area contributed by atoms with E-state index in [0.717, 1.165) is 12.8 Å². The highest BCUT2D eigenvalue weighted by Gasteiger charge is 2.22. The van der Waals surface area contributed by atoms with Gasteiger partial charge in [-0.1, -0.05) is 34.1 Å². The van der Waals surface area contributed by atoms with Gasteiger partial charge in [-0.3, -0.25) is 0 Å². The zero-order chi connectivity index (χ0) is 12.3. The molecule has 0 spiro atoms. The first-order chi connectivity index (χ1) is 7.02. The highest BCUT2D eigenvalue weighted by Crippen LogP contribution is 2.17. The maximum Gasteiger partial charge on any atom is 0.0993 e. The van der Waals surface area contributed by atoms with E-state index < -0.39 is 11.5 Å². The minimum absolute atomic E-state index is 0.257. The molecule has 4 radical (unpaired) electrons. The number of rotatable bonds is 0. The minimum Gasteiger partial charge on any atom is -0.391 e. The molecule has 2 nitrogen and oxygen atoms in total. The Hall–Kier alpha value is 0.0499. The summed E-state index contributed by atoms with van der Waals surface area (Å²) in [6, 6.07) is 0. The summed E-state index contributed by atoms with van der Waals surface area (Å²) in [5.74, 6) is 0. The number of hydrogen-bond acceptors (Lipinski definition) is 2. The standard InChI is InChI=1S/C6H10B2O2.C3H8.C2H6/c7-6(8)3-1-2-5(9)4-10-6;1-3-2;1-2/h5,9H,1-4H2;3H2,1-2H3;1-2H3. The molecule has 1 heterocycles. The van der Waals surface area contributed by atoms with Gasteiger partial charge in [0.05, 0.1) is 28.4 Å². The molecule has 4 heteroatoms. The van der Waals surface area contributed by atoms with Gasteiger partial charge in [-0.2, -0.15) is 0 Å². The minimum atomic E-state index is -1.02. The van der Waals surface area contributed by atoms with Crippen LogP contribution in [0.5, 0.6) is 0 Å². The van der Waals surface area contributed by atoms with Crippen LogP contribution in [-0.4, -0.2) is 38.9 Å². The van der Waals surface area contributed by atoms with E-state index in [0.29, 0.717) is 6.42 Å². The average Bonchev–Trinajstić information content (AvgIpc) is 2.33. The van der Waals surface area contributed by atoms with Crippen LogP contribution in [0.25, 0.3) is 0 Å². The summed E-state index contributed by atoms with van der Waals surface area (Å²) < 4.78 is 5.01. The topological polar surface area (TPSA) is 29.5 Å². The van der Waals surface area contributed by atoms with E-state index in [1.54, 1.807) is 0 Å². The number of hydrogen-bond donors (Lipinski definition) is 1. The van der Waals surface area contributed by atoms with Crippen LogP contribution in [0.2, 0.25) is 0 Å². The molecule has 1 N–H and O–H groups in total. The van der Waals surface area contributed by atoms with Crippen molar-refractivity contribution in [3.63, 3.8) is 0 Å². The highest BCUT2D eigenvalue weighted by atomic mass is 16.5. The van der Waals surface area contributed by atoms with Gasteiger partial charge in [0.15, 0.2) is 0 Å². The quantitative estimate of drug-likeness (QED) is 0.619. The summed E-state index contributed by atoms with van der Waals surface area (Å²) in [5.41, 5.74) is 0. The third-order valence-corrected chi connectivity index (χ3v) is 1.65. The van der Waals surface area contributed by atoms with E-state index >= 15 is 0 Å². The predicted molar refractivity (Wildman–Crippen MR) is 67.4 cm³/mol. The van der Waals surface area contributed by atoms with Gasteiger partial charge < -0.3 is 9.84 Å². The first-order valence-electron chi connectivity index (χ1n) is 5.91. The van der Waals surface area contributed by atoms with E-state index in [4.69, 9.17) is 25.5 Å². The van der Waals surface area contributed by atoms with E-state index in [-0.39, 0.29) is 6.61 Å². The number of aliphatic hydroxyl groups is 1. The van der Waals surface area contributed by atoms with Gasteiger partial charge in [-0.15, -0.1) is 0 Å². The van der Waals surface area contributed by atoms with Crippen molar-refractivity contribution in [2.75, 3.05) is 6.61 Å². The smallest absolute Gasteiger partial charge is 0.0993 e. The molecule has 15 heavy (non-hydrogen) atoms. The molecule has 0 aromatic carbocycles. The Kier molecular flexibility index (Phi) is 12.3. The zero-order valence-corrected chi connectivity index (χ0v) is 10.6. The van der Waals surface area contributed by atoms with Gasteiger partial charge in [-0.05, 0) is 24.7 Å². The monoisotopic (exact) mass is 210 g/mol. The summed E-state index contributed by atoms with van der Waals surface area (Å²) in [6.45, 7) is 8.51. The van der Waals surface area contributed by atoms with Gasteiger partial charge in [0.1, 0.15) is 0 Å². The molecular weight excluding hydrogens is 186 g/mol. The van der Waals surface area contributed by atoms with Gasteiger partial charge in [0.2, 0.25) is 0 Å². The van der Waals surface area contributed by atoms with Crippen molar-refractivity contribution in [2.24, 2.45) is 0 Å². The lowest BCUT2D eigenvalue weighted by Crippen LogP contribution is -2.33. The second kappa shape index (κ2) is 10.6. The van der Waals surface area contributed by atoms with Gasteiger partial charge >= 0.3 is 0 Å². The lowest BCUT2D eigenvalue weighted by Gasteiger charge is -2.23. The van der Waals surface area contributed by atoms with Gasteiger partial charge in [0, 0.05) is 0 Å². The molecule has 1 aliphatic rings. The van der Waals surface area contributed by atoms with Crippen molar-refractivity contribution in [2.45, 2.75) is 64.9 Å². The second-order valence-corrected chi connectivity index (χ2v) is 3.52. The maximum absolute atomic E-state index is 9.09. The normalized spacial score (nSPS) is 23.7. The van der Waals surface area contributed by atoms with Crippen molar-refractivity contribution < 1.29 is 9.84 Å². The van der Waals surface area contributed by atoms with Crippen LogP contribution in [0.15, 0.2) is 0 Å². The van der Waals surface area contributed by atoms with E-state index in [9.17, 15) is 0 Å². The van der Waals surface area contributed by atoms with Gasteiger partial charge in [0.25, 0.3) is 0 Å². The summed E-state index contributed by atoms with van der Waals surface area (Å²) in [7, 11) is 11.0. The summed E-state index contributed by atoms with van der Waals surface area (Å²) in [5, 5.41) is 8.07. The molecule has 1 rings (SSSR count). The Labute approximate surface area is 97.6 Å². The Morgan fingerprint density at radius 3 is 2.27 bits per heavy atom. The van der Waals surface area contributed by atoms with Crippen LogP contribution in [0.3, 0.4) is 0 Å². The third-order valence-electron chi connectivity index (χ3n) is 1.65. The van der Waals surface area contributed by atoms with Crippen LogP contribution in [0.1, 0.15) is 53.4 Å². The van der Waals surface area contributed by atoms with E-state index in [1.807, 2.05) is 13.8 Å². The first kappa shape index (κ1) is 17.4. The van der Waals surface area contributed by atoms with Crippen LogP contribution in [0, 0.1) is 0 Å². The summed E-state index contributed by atoms with van der Waals surface area (Å²) in [4.78, 5) is 0. The molecular formula is C11H24B2O2. The Balaban J connectivity index is 0. The molecule has 1 saturated heterocycles. The maximum atomic E-state index is 9.09. The molecule has 0 aromatic rings. The number of aliphatic hydroxyl groups excluding tert-OH is 1. The Morgan fingerprint density at radius 2 is 1.80 bits per heavy atom. The molecule has 0 aromatic heterocycles. The Bertz CT molecular complexity index is 130. The summed E-state index contributed by atoms with van der Waals surface area (Å²) in [6.07, 6.45) is 3.03. The van der Waals surface area contributed by atoms with Crippen molar-refractivity contribution in [1.82, 2.24) is 0 Å². The first-order valence-corrected chi connectivity index (χ1v) is 5.91. The van der Waals surface area contributed by atoms with E-state index in [1.165, 1.54) is 6.42 Å². The van der Waals surface area contributed by atoms with Crippen molar-refractivity contribution in [3.8, 4) is 0 Å². The zero-order valence-electron chi connectivity index (χ0n) is 10.6. The fourth-order valence-electron chi connectivity index (χ4n) is 1.02. The fraction of sp³-hybridized carbons (Fsp3) is 1.00. The lowest BCUT2D eigenvalue weighted by molar-refractivity contribution is 0.0194. The van der Waals surface area contributed by atoms with Gasteiger partial charge in [-0.25, -0.2) is 0 Å². The predicted octanol–water partition coefficient (Wildman–Crippen LogP) is 1.98. The average molecular weight is 210 g/mol. The third kappa shape index (κ3) is 12.0. The number of ether oxygens (including phenoxy) is 1. The van der Waals surface area contributed by atoms with Crippen molar-refractivity contribution >= 4 is 15.7 Å². The van der Waals surface area contributed by atoms with Crippen LogP contribution >= 0.6 is 0 Å². The SMILES string of the molecule is CC.CCC.[B]C1([B])CCCC(O)CO1. The molecule has 0 saturated carbocycles. The lowest BCUT2D eigenvalue weighted by atomic mass is 9.63. The molecule has 1 aliphatic heterocycles. The molecule has 0 bridgehead atoms. The molecule has 1 unspecified atom stereocenters.